The summed E-state index contributed by atoms with van der Waals surface area (Å²) in [6.07, 6.45) is 1.75. The molecule has 1 aromatic heterocycles. The first-order valence-corrected chi connectivity index (χ1v) is 6.74. The molecule has 0 atom stereocenters. The highest BCUT2D eigenvalue weighted by Crippen LogP contribution is 2.17. The third-order valence-electron chi connectivity index (χ3n) is 2.95. The van der Waals surface area contributed by atoms with Gasteiger partial charge in [0, 0.05) is 18.3 Å². The molecule has 0 amide bonds. The van der Waals surface area contributed by atoms with Gasteiger partial charge in [0.1, 0.15) is 12.4 Å². The Morgan fingerprint density at radius 1 is 1.15 bits per heavy atom. The molecule has 106 valence electrons. The zero-order valence-electron chi connectivity index (χ0n) is 11.9. The second-order valence-electron chi connectivity index (χ2n) is 4.38. The lowest BCUT2D eigenvalue weighted by atomic mass is 10.2. The van der Waals surface area contributed by atoms with Crippen LogP contribution in [0.15, 0.2) is 42.6 Å². The van der Waals surface area contributed by atoms with E-state index < -0.39 is 0 Å². The summed E-state index contributed by atoms with van der Waals surface area (Å²) in [7, 11) is 1.66. The minimum absolute atomic E-state index is 0.500. The van der Waals surface area contributed by atoms with Gasteiger partial charge >= 0.3 is 0 Å². The van der Waals surface area contributed by atoms with Gasteiger partial charge in [0.05, 0.1) is 7.11 Å². The molecule has 0 aliphatic rings. The van der Waals surface area contributed by atoms with E-state index in [1.54, 1.807) is 13.3 Å². The summed E-state index contributed by atoms with van der Waals surface area (Å²) < 4.78 is 10.9. The van der Waals surface area contributed by atoms with E-state index in [2.05, 4.69) is 17.2 Å². The molecule has 2 aromatic rings. The standard InChI is InChI=1S/C16H20N2O2/c1-3-17-11-14-5-4-10-18-16(14)20-12-13-6-8-15(19-2)9-7-13/h4-10,17H,3,11-12H2,1-2H3. The van der Waals surface area contributed by atoms with Gasteiger partial charge in [-0.3, -0.25) is 0 Å². The van der Waals surface area contributed by atoms with Crippen molar-refractivity contribution in [3.8, 4) is 11.6 Å². The average molecular weight is 272 g/mol. The summed E-state index contributed by atoms with van der Waals surface area (Å²) in [5.41, 5.74) is 2.16. The van der Waals surface area contributed by atoms with Gasteiger partial charge < -0.3 is 14.8 Å². The van der Waals surface area contributed by atoms with Crippen LogP contribution in [-0.4, -0.2) is 18.6 Å². The van der Waals surface area contributed by atoms with E-state index in [0.717, 1.165) is 30.0 Å². The summed E-state index contributed by atoms with van der Waals surface area (Å²) >= 11 is 0. The highest BCUT2D eigenvalue weighted by atomic mass is 16.5. The fourth-order valence-electron chi connectivity index (χ4n) is 1.82. The topological polar surface area (TPSA) is 43.4 Å². The summed E-state index contributed by atoms with van der Waals surface area (Å²) in [4.78, 5) is 4.29. The summed E-state index contributed by atoms with van der Waals surface area (Å²) in [5, 5.41) is 3.28. The Hall–Kier alpha value is -2.07. The number of aromatic nitrogens is 1. The highest BCUT2D eigenvalue weighted by molar-refractivity contribution is 5.28. The monoisotopic (exact) mass is 272 g/mol. The first kappa shape index (κ1) is 14.3. The fourth-order valence-corrected chi connectivity index (χ4v) is 1.82. The Balaban J connectivity index is 1.98. The lowest BCUT2D eigenvalue weighted by molar-refractivity contribution is 0.289. The molecule has 0 fully saturated rings. The number of ether oxygens (including phenoxy) is 2. The molecule has 1 aromatic carbocycles. The van der Waals surface area contributed by atoms with Crippen LogP contribution in [-0.2, 0) is 13.2 Å². The van der Waals surface area contributed by atoms with Crippen LogP contribution in [0.2, 0.25) is 0 Å². The third-order valence-corrected chi connectivity index (χ3v) is 2.95. The Morgan fingerprint density at radius 3 is 2.65 bits per heavy atom. The van der Waals surface area contributed by atoms with Crippen molar-refractivity contribution in [1.29, 1.82) is 0 Å². The Kier molecular flexibility index (Phi) is 5.38. The van der Waals surface area contributed by atoms with Crippen LogP contribution >= 0.6 is 0 Å². The van der Waals surface area contributed by atoms with Crippen molar-refractivity contribution < 1.29 is 9.47 Å². The van der Waals surface area contributed by atoms with Crippen molar-refractivity contribution in [2.45, 2.75) is 20.1 Å². The van der Waals surface area contributed by atoms with Gasteiger partial charge in [0.25, 0.3) is 0 Å². The fraction of sp³-hybridized carbons (Fsp3) is 0.312. The molecule has 0 bridgehead atoms. The average Bonchev–Trinajstić information content (AvgIpc) is 2.52. The first-order valence-electron chi connectivity index (χ1n) is 6.74. The Labute approximate surface area is 119 Å². The smallest absolute Gasteiger partial charge is 0.218 e. The third kappa shape index (κ3) is 3.96. The molecular weight excluding hydrogens is 252 g/mol. The Morgan fingerprint density at radius 2 is 1.95 bits per heavy atom. The molecule has 1 N–H and O–H groups in total. The zero-order valence-corrected chi connectivity index (χ0v) is 11.9. The number of hydrogen-bond acceptors (Lipinski definition) is 4. The van der Waals surface area contributed by atoms with Crippen molar-refractivity contribution in [3.63, 3.8) is 0 Å². The number of hydrogen-bond donors (Lipinski definition) is 1. The van der Waals surface area contributed by atoms with Crippen LogP contribution in [0.4, 0.5) is 0 Å². The van der Waals surface area contributed by atoms with Crippen molar-refractivity contribution in [2.75, 3.05) is 13.7 Å². The van der Waals surface area contributed by atoms with E-state index in [4.69, 9.17) is 9.47 Å². The number of nitrogens with zero attached hydrogens (tertiary/aromatic N) is 1. The van der Waals surface area contributed by atoms with Gasteiger partial charge in [-0.05, 0) is 30.3 Å². The van der Waals surface area contributed by atoms with Crippen LogP contribution in [0.5, 0.6) is 11.6 Å². The Bertz CT molecular complexity index is 526. The molecule has 0 spiro atoms. The van der Waals surface area contributed by atoms with Gasteiger partial charge in [-0.2, -0.15) is 0 Å². The number of benzene rings is 1. The highest BCUT2D eigenvalue weighted by Gasteiger charge is 2.04. The first-order chi connectivity index (χ1) is 9.83. The van der Waals surface area contributed by atoms with Gasteiger partial charge in [-0.15, -0.1) is 0 Å². The summed E-state index contributed by atoms with van der Waals surface area (Å²) in [6.45, 7) is 4.27. The van der Waals surface area contributed by atoms with E-state index in [-0.39, 0.29) is 0 Å². The van der Waals surface area contributed by atoms with Crippen molar-refractivity contribution in [2.24, 2.45) is 0 Å². The number of rotatable bonds is 7. The number of nitrogens with one attached hydrogen (secondary N) is 1. The summed E-state index contributed by atoms with van der Waals surface area (Å²) in [5.74, 6) is 1.53. The van der Waals surface area contributed by atoms with Crippen LogP contribution in [0.25, 0.3) is 0 Å². The van der Waals surface area contributed by atoms with Gasteiger partial charge in [0.15, 0.2) is 0 Å². The van der Waals surface area contributed by atoms with Crippen LogP contribution in [0.1, 0.15) is 18.1 Å². The van der Waals surface area contributed by atoms with Gasteiger partial charge in [0.2, 0.25) is 5.88 Å². The molecule has 0 saturated carbocycles. The molecule has 0 radical (unpaired) electrons. The molecule has 0 aliphatic carbocycles. The van der Waals surface area contributed by atoms with Crippen LogP contribution in [0, 0.1) is 0 Å². The predicted octanol–water partition coefficient (Wildman–Crippen LogP) is 2.78. The minimum Gasteiger partial charge on any atom is -0.497 e. The lowest BCUT2D eigenvalue weighted by Crippen LogP contribution is -2.13. The SMILES string of the molecule is CCNCc1cccnc1OCc1ccc(OC)cc1. The van der Waals surface area contributed by atoms with Crippen LogP contribution in [0.3, 0.4) is 0 Å². The normalized spacial score (nSPS) is 10.3. The number of pyridine rings is 1. The molecular formula is C16H20N2O2. The number of methoxy groups -OCH3 is 1. The molecule has 4 nitrogen and oxygen atoms in total. The maximum atomic E-state index is 5.80. The maximum Gasteiger partial charge on any atom is 0.218 e. The largest absolute Gasteiger partial charge is 0.497 e. The minimum atomic E-state index is 0.500. The van der Waals surface area contributed by atoms with E-state index >= 15 is 0 Å². The second-order valence-corrected chi connectivity index (χ2v) is 4.38. The second kappa shape index (κ2) is 7.50. The molecule has 0 unspecified atom stereocenters. The molecule has 0 saturated heterocycles. The lowest BCUT2D eigenvalue weighted by Gasteiger charge is -2.10. The van der Waals surface area contributed by atoms with Gasteiger partial charge in [-0.25, -0.2) is 4.98 Å². The van der Waals surface area contributed by atoms with Crippen molar-refractivity contribution >= 4 is 0 Å². The van der Waals surface area contributed by atoms with Crippen molar-refractivity contribution in [3.05, 3.63) is 53.7 Å². The molecule has 0 aliphatic heterocycles. The molecule has 4 heteroatoms. The van der Waals surface area contributed by atoms with Crippen molar-refractivity contribution in [1.82, 2.24) is 10.3 Å². The van der Waals surface area contributed by atoms with Crippen LogP contribution < -0.4 is 14.8 Å². The summed E-state index contributed by atoms with van der Waals surface area (Å²) in [6, 6.07) is 11.8. The van der Waals surface area contributed by atoms with E-state index in [1.165, 1.54) is 0 Å². The quantitative estimate of drug-likeness (QED) is 0.841. The maximum absolute atomic E-state index is 5.80. The predicted molar refractivity (Wildman–Crippen MR) is 78.9 cm³/mol. The van der Waals surface area contributed by atoms with Gasteiger partial charge in [-0.1, -0.05) is 25.1 Å². The van der Waals surface area contributed by atoms with E-state index in [1.807, 2.05) is 36.4 Å². The molecule has 2 rings (SSSR count). The van der Waals surface area contributed by atoms with E-state index in [9.17, 15) is 0 Å². The molecule has 1 heterocycles. The molecule has 20 heavy (non-hydrogen) atoms. The zero-order chi connectivity index (χ0) is 14.2. The van der Waals surface area contributed by atoms with E-state index in [0.29, 0.717) is 12.5 Å².